The molecule has 3 atom stereocenters. The Balaban J connectivity index is 2.31. The number of aliphatic carboxylic acids is 1. The minimum Gasteiger partial charge on any atom is -0.481 e. The van der Waals surface area contributed by atoms with Crippen LogP contribution in [0.5, 0.6) is 0 Å². The third-order valence-corrected chi connectivity index (χ3v) is 2.06. The molecule has 1 saturated carbocycles. The normalized spacial score (nSPS) is 31.0. The Bertz CT molecular complexity index is 176. The number of carboxylic acid groups (broad SMARTS) is 1. The highest BCUT2D eigenvalue weighted by molar-refractivity contribution is 5.73. The third-order valence-electron chi connectivity index (χ3n) is 2.06. The van der Waals surface area contributed by atoms with E-state index < -0.39 is 12.1 Å². The summed E-state index contributed by atoms with van der Waals surface area (Å²) in [7, 11) is 0. The van der Waals surface area contributed by atoms with Crippen LogP contribution in [0, 0.1) is 11.8 Å². The smallest absolute Gasteiger partial charge is 0.306 e. The standard InChI is InChI=1S/C8H12O3/c1-2-3-7(9)5-4-6(5)8(10)11/h2,5-7,9H,1,3-4H2,(H,10,11). The summed E-state index contributed by atoms with van der Waals surface area (Å²) in [5.41, 5.74) is 0. The number of aliphatic hydroxyl groups is 1. The number of hydrogen-bond acceptors (Lipinski definition) is 2. The maximum Gasteiger partial charge on any atom is 0.306 e. The van der Waals surface area contributed by atoms with Crippen molar-refractivity contribution in [2.75, 3.05) is 0 Å². The van der Waals surface area contributed by atoms with Gasteiger partial charge in [-0.15, -0.1) is 6.58 Å². The zero-order valence-corrected chi connectivity index (χ0v) is 6.23. The van der Waals surface area contributed by atoms with Crippen LogP contribution in [0.1, 0.15) is 12.8 Å². The van der Waals surface area contributed by atoms with Gasteiger partial charge in [0.15, 0.2) is 0 Å². The molecule has 3 nitrogen and oxygen atoms in total. The molecular formula is C8H12O3. The monoisotopic (exact) mass is 156 g/mol. The third kappa shape index (κ3) is 1.80. The predicted octanol–water partition coefficient (Wildman–Crippen LogP) is 0.644. The molecule has 3 unspecified atom stereocenters. The van der Waals surface area contributed by atoms with Crippen molar-refractivity contribution in [1.82, 2.24) is 0 Å². The van der Waals surface area contributed by atoms with Crippen LogP contribution in [-0.4, -0.2) is 22.3 Å². The molecular weight excluding hydrogens is 144 g/mol. The summed E-state index contributed by atoms with van der Waals surface area (Å²) in [6, 6.07) is 0. The lowest BCUT2D eigenvalue weighted by atomic mass is 10.1. The largest absolute Gasteiger partial charge is 0.481 e. The Hall–Kier alpha value is -0.830. The molecule has 0 spiro atoms. The average Bonchev–Trinajstić information content (AvgIpc) is 2.65. The second-order valence-electron chi connectivity index (χ2n) is 2.94. The summed E-state index contributed by atoms with van der Waals surface area (Å²) in [5.74, 6) is -1.14. The van der Waals surface area contributed by atoms with E-state index in [1.807, 2.05) is 0 Å². The summed E-state index contributed by atoms with van der Waals surface area (Å²) in [6.45, 7) is 3.47. The first-order valence-electron chi connectivity index (χ1n) is 3.68. The van der Waals surface area contributed by atoms with Crippen molar-refractivity contribution in [2.24, 2.45) is 11.8 Å². The van der Waals surface area contributed by atoms with Crippen LogP contribution in [0.4, 0.5) is 0 Å². The quantitative estimate of drug-likeness (QED) is 0.587. The van der Waals surface area contributed by atoms with Gasteiger partial charge in [-0.2, -0.15) is 0 Å². The van der Waals surface area contributed by atoms with E-state index >= 15 is 0 Å². The van der Waals surface area contributed by atoms with E-state index in [1.54, 1.807) is 6.08 Å². The summed E-state index contributed by atoms with van der Waals surface area (Å²) >= 11 is 0. The van der Waals surface area contributed by atoms with Gasteiger partial charge in [-0.3, -0.25) is 4.79 Å². The van der Waals surface area contributed by atoms with Gasteiger partial charge in [-0.25, -0.2) is 0 Å². The summed E-state index contributed by atoms with van der Waals surface area (Å²) in [4.78, 5) is 10.3. The summed E-state index contributed by atoms with van der Waals surface area (Å²) < 4.78 is 0. The van der Waals surface area contributed by atoms with Crippen LogP contribution >= 0.6 is 0 Å². The molecule has 62 valence electrons. The van der Waals surface area contributed by atoms with Crippen LogP contribution in [0.2, 0.25) is 0 Å². The van der Waals surface area contributed by atoms with Gasteiger partial charge >= 0.3 is 5.97 Å². The summed E-state index contributed by atoms with van der Waals surface area (Å²) in [5, 5.41) is 17.8. The molecule has 1 rings (SSSR count). The number of carbonyl (C=O) groups is 1. The first-order valence-corrected chi connectivity index (χ1v) is 3.68. The lowest BCUT2D eigenvalue weighted by Crippen LogP contribution is -2.12. The molecule has 2 N–H and O–H groups in total. The molecule has 0 amide bonds. The van der Waals surface area contributed by atoms with E-state index in [-0.39, 0.29) is 11.8 Å². The van der Waals surface area contributed by atoms with Crippen LogP contribution < -0.4 is 0 Å². The van der Waals surface area contributed by atoms with E-state index in [2.05, 4.69) is 6.58 Å². The second kappa shape index (κ2) is 3.05. The molecule has 1 aliphatic carbocycles. The molecule has 11 heavy (non-hydrogen) atoms. The second-order valence-corrected chi connectivity index (χ2v) is 2.94. The Morgan fingerprint density at radius 1 is 1.82 bits per heavy atom. The van der Waals surface area contributed by atoms with Crippen molar-refractivity contribution in [3.05, 3.63) is 12.7 Å². The molecule has 0 aromatic heterocycles. The average molecular weight is 156 g/mol. The van der Waals surface area contributed by atoms with E-state index in [0.29, 0.717) is 12.8 Å². The minimum absolute atomic E-state index is 0.0366. The summed E-state index contributed by atoms with van der Waals surface area (Å²) in [6.07, 6.45) is 2.22. The van der Waals surface area contributed by atoms with Crippen molar-refractivity contribution < 1.29 is 15.0 Å². The van der Waals surface area contributed by atoms with Gasteiger partial charge in [-0.1, -0.05) is 6.08 Å². The minimum atomic E-state index is -0.793. The van der Waals surface area contributed by atoms with Crippen molar-refractivity contribution >= 4 is 5.97 Å². The first-order chi connectivity index (χ1) is 5.16. The fraction of sp³-hybridized carbons (Fsp3) is 0.625. The highest BCUT2D eigenvalue weighted by atomic mass is 16.4. The zero-order chi connectivity index (χ0) is 8.43. The fourth-order valence-electron chi connectivity index (χ4n) is 1.27. The van der Waals surface area contributed by atoms with Gasteiger partial charge in [0.2, 0.25) is 0 Å². The number of rotatable bonds is 4. The molecule has 0 saturated heterocycles. The van der Waals surface area contributed by atoms with Crippen molar-refractivity contribution in [1.29, 1.82) is 0 Å². The SMILES string of the molecule is C=CCC(O)C1CC1C(=O)O. The molecule has 3 heteroatoms. The molecule has 0 aromatic carbocycles. The van der Waals surface area contributed by atoms with E-state index in [0.717, 1.165) is 0 Å². The highest BCUT2D eigenvalue weighted by Gasteiger charge is 2.46. The van der Waals surface area contributed by atoms with Gasteiger partial charge in [0.25, 0.3) is 0 Å². The van der Waals surface area contributed by atoms with Crippen molar-refractivity contribution in [3.8, 4) is 0 Å². The predicted molar refractivity (Wildman–Crippen MR) is 40.1 cm³/mol. The molecule has 0 heterocycles. The van der Waals surface area contributed by atoms with Crippen LogP contribution in [0.25, 0.3) is 0 Å². The highest BCUT2D eigenvalue weighted by Crippen LogP contribution is 2.42. The van der Waals surface area contributed by atoms with Gasteiger partial charge in [0.1, 0.15) is 0 Å². The van der Waals surface area contributed by atoms with Gasteiger partial charge in [-0.05, 0) is 18.8 Å². The van der Waals surface area contributed by atoms with E-state index in [4.69, 9.17) is 5.11 Å². The lowest BCUT2D eigenvalue weighted by molar-refractivity contribution is -0.139. The fourth-order valence-corrected chi connectivity index (χ4v) is 1.27. The first kappa shape index (κ1) is 8.27. The van der Waals surface area contributed by atoms with Gasteiger partial charge < -0.3 is 10.2 Å². The van der Waals surface area contributed by atoms with Crippen LogP contribution in [-0.2, 0) is 4.79 Å². The molecule has 0 aromatic rings. The molecule has 0 bridgehead atoms. The lowest BCUT2D eigenvalue weighted by Gasteiger charge is -2.04. The maximum atomic E-state index is 10.3. The number of carboxylic acids is 1. The maximum absolute atomic E-state index is 10.3. The van der Waals surface area contributed by atoms with Gasteiger partial charge in [0, 0.05) is 0 Å². The van der Waals surface area contributed by atoms with Crippen LogP contribution in [0.3, 0.4) is 0 Å². The number of hydrogen-bond donors (Lipinski definition) is 2. The Morgan fingerprint density at radius 2 is 2.45 bits per heavy atom. The molecule has 1 aliphatic rings. The molecule has 0 aliphatic heterocycles. The Kier molecular flexibility index (Phi) is 2.29. The van der Waals surface area contributed by atoms with E-state index in [9.17, 15) is 9.90 Å². The van der Waals surface area contributed by atoms with Gasteiger partial charge in [0.05, 0.1) is 12.0 Å². The van der Waals surface area contributed by atoms with Crippen molar-refractivity contribution in [3.63, 3.8) is 0 Å². The zero-order valence-electron chi connectivity index (χ0n) is 6.23. The number of aliphatic hydroxyl groups excluding tert-OH is 1. The molecule has 1 fully saturated rings. The molecule has 0 radical (unpaired) electrons. The Labute approximate surface area is 65.3 Å². The topological polar surface area (TPSA) is 57.5 Å². The Morgan fingerprint density at radius 3 is 2.82 bits per heavy atom. The van der Waals surface area contributed by atoms with E-state index in [1.165, 1.54) is 0 Å². The van der Waals surface area contributed by atoms with Crippen LogP contribution in [0.15, 0.2) is 12.7 Å². The van der Waals surface area contributed by atoms with Crippen molar-refractivity contribution in [2.45, 2.75) is 18.9 Å².